The van der Waals surface area contributed by atoms with Gasteiger partial charge in [-0.15, -0.1) is 0 Å². The van der Waals surface area contributed by atoms with Gasteiger partial charge in [-0.05, 0) is 30.7 Å². The van der Waals surface area contributed by atoms with Crippen LogP contribution in [0.3, 0.4) is 0 Å². The van der Waals surface area contributed by atoms with E-state index in [4.69, 9.17) is 10.5 Å². The topological polar surface area (TPSA) is 122 Å². The number of nitrogens with zero attached hydrogens (tertiary/aromatic N) is 2. The van der Waals surface area contributed by atoms with Crippen LogP contribution in [0.1, 0.15) is 5.56 Å². The van der Waals surface area contributed by atoms with Gasteiger partial charge >= 0.3 is 5.69 Å². The van der Waals surface area contributed by atoms with Gasteiger partial charge in [-0.25, -0.2) is 0 Å². The number of nitro groups is 2. The summed E-state index contributed by atoms with van der Waals surface area (Å²) in [7, 11) is 0. The molecule has 108 valence electrons. The van der Waals surface area contributed by atoms with Crippen molar-refractivity contribution in [2.75, 3.05) is 5.73 Å². The molecule has 2 aromatic carbocycles. The molecule has 8 nitrogen and oxygen atoms in total. The summed E-state index contributed by atoms with van der Waals surface area (Å²) in [6, 6.07) is 8.31. The summed E-state index contributed by atoms with van der Waals surface area (Å²) in [5.41, 5.74) is 5.59. The van der Waals surface area contributed by atoms with E-state index in [0.717, 1.165) is 0 Å². The van der Waals surface area contributed by atoms with Gasteiger partial charge in [0.15, 0.2) is 0 Å². The van der Waals surface area contributed by atoms with Gasteiger partial charge in [-0.1, -0.05) is 6.07 Å². The Balaban J connectivity index is 2.48. The number of benzene rings is 2. The largest absolute Gasteiger partial charge is 0.449 e. The van der Waals surface area contributed by atoms with Gasteiger partial charge in [0.1, 0.15) is 11.4 Å². The van der Waals surface area contributed by atoms with Crippen molar-refractivity contribution in [3.05, 3.63) is 62.2 Å². The van der Waals surface area contributed by atoms with Crippen molar-refractivity contribution >= 4 is 17.1 Å². The first-order chi connectivity index (χ1) is 9.90. The number of hydrogen-bond donors (Lipinski definition) is 1. The van der Waals surface area contributed by atoms with Gasteiger partial charge in [0, 0.05) is 6.07 Å². The zero-order valence-electron chi connectivity index (χ0n) is 11.0. The lowest BCUT2D eigenvalue weighted by molar-refractivity contribution is -0.385. The number of aryl methyl sites for hydroxylation is 1. The van der Waals surface area contributed by atoms with E-state index in [-0.39, 0.29) is 28.6 Å². The van der Waals surface area contributed by atoms with Gasteiger partial charge < -0.3 is 10.5 Å². The van der Waals surface area contributed by atoms with Crippen molar-refractivity contribution in [3.63, 3.8) is 0 Å². The van der Waals surface area contributed by atoms with Gasteiger partial charge in [0.25, 0.3) is 5.69 Å². The molecule has 21 heavy (non-hydrogen) atoms. The fourth-order valence-electron chi connectivity index (χ4n) is 1.75. The molecule has 0 fully saturated rings. The van der Waals surface area contributed by atoms with E-state index in [1.165, 1.54) is 36.4 Å². The number of non-ortho nitro benzene ring substituents is 1. The molecule has 0 radical (unpaired) electrons. The van der Waals surface area contributed by atoms with Crippen molar-refractivity contribution in [2.24, 2.45) is 0 Å². The van der Waals surface area contributed by atoms with E-state index in [0.29, 0.717) is 5.56 Å². The zero-order chi connectivity index (χ0) is 15.6. The Labute approximate surface area is 119 Å². The van der Waals surface area contributed by atoms with Crippen LogP contribution in [0.2, 0.25) is 0 Å². The second-order valence-corrected chi connectivity index (χ2v) is 4.26. The molecule has 2 N–H and O–H groups in total. The molecule has 2 aromatic rings. The van der Waals surface area contributed by atoms with Crippen LogP contribution in [0.15, 0.2) is 36.4 Å². The number of hydrogen-bond acceptors (Lipinski definition) is 6. The molecule has 0 aliphatic rings. The number of anilines is 1. The minimum absolute atomic E-state index is 0.0411. The molecule has 0 aliphatic carbocycles. The molecule has 0 bridgehead atoms. The minimum atomic E-state index is -0.655. The van der Waals surface area contributed by atoms with E-state index >= 15 is 0 Å². The summed E-state index contributed by atoms with van der Waals surface area (Å²) in [6.45, 7) is 1.68. The van der Waals surface area contributed by atoms with E-state index in [9.17, 15) is 20.2 Å². The molecule has 0 unspecified atom stereocenters. The third-order valence-corrected chi connectivity index (χ3v) is 2.82. The van der Waals surface area contributed by atoms with E-state index in [2.05, 4.69) is 0 Å². The predicted molar refractivity (Wildman–Crippen MR) is 75.4 cm³/mol. The second-order valence-electron chi connectivity index (χ2n) is 4.26. The number of nitrogens with two attached hydrogens (primary N) is 1. The van der Waals surface area contributed by atoms with Gasteiger partial charge in [-0.3, -0.25) is 20.2 Å². The highest BCUT2D eigenvalue weighted by molar-refractivity contribution is 5.66. The first-order valence-electron chi connectivity index (χ1n) is 5.86. The quantitative estimate of drug-likeness (QED) is 0.524. The molecule has 0 spiro atoms. The lowest BCUT2D eigenvalue weighted by Gasteiger charge is -2.09. The first-order valence-corrected chi connectivity index (χ1v) is 5.86. The van der Waals surface area contributed by atoms with E-state index in [1.807, 2.05) is 0 Å². The van der Waals surface area contributed by atoms with Crippen LogP contribution in [0.5, 0.6) is 11.5 Å². The maximum Gasteiger partial charge on any atom is 0.334 e. The van der Waals surface area contributed by atoms with Crippen LogP contribution >= 0.6 is 0 Å². The van der Waals surface area contributed by atoms with E-state index < -0.39 is 9.85 Å². The summed E-state index contributed by atoms with van der Waals surface area (Å²) in [4.78, 5) is 20.6. The molecule has 0 saturated heterocycles. The van der Waals surface area contributed by atoms with Crippen LogP contribution in [0.4, 0.5) is 17.1 Å². The number of nitro benzene ring substituents is 2. The number of ether oxygens (including phenoxy) is 1. The first kappa shape index (κ1) is 14.3. The number of nitrogen functional groups attached to an aromatic ring is 1. The Hall–Kier alpha value is -3.16. The molecule has 0 atom stereocenters. The maximum atomic E-state index is 11.0. The molecule has 8 heteroatoms. The molecular weight excluding hydrogens is 278 g/mol. The van der Waals surface area contributed by atoms with Crippen molar-refractivity contribution in [1.29, 1.82) is 0 Å². The molecule has 0 aromatic heterocycles. The Morgan fingerprint density at radius 2 is 1.76 bits per heavy atom. The average Bonchev–Trinajstić information content (AvgIpc) is 2.40. The monoisotopic (exact) mass is 289 g/mol. The normalized spacial score (nSPS) is 10.1. The molecule has 0 saturated carbocycles. The van der Waals surface area contributed by atoms with Gasteiger partial charge in [0.05, 0.1) is 15.9 Å². The number of para-hydroxylation sites is 1. The number of rotatable bonds is 4. The zero-order valence-corrected chi connectivity index (χ0v) is 11.0. The van der Waals surface area contributed by atoms with Crippen molar-refractivity contribution in [3.8, 4) is 11.5 Å². The fraction of sp³-hybridized carbons (Fsp3) is 0.0769. The summed E-state index contributed by atoms with van der Waals surface area (Å²) in [6.07, 6.45) is 0. The van der Waals surface area contributed by atoms with Crippen molar-refractivity contribution in [1.82, 2.24) is 0 Å². The molecule has 0 heterocycles. The lowest BCUT2D eigenvalue weighted by atomic mass is 10.2. The molecule has 0 aliphatic heterocycles. The highest BCUT2D eigenvalue weighted by Gasteiger charge is 2.21. The standard InChI is InChI=1S/C13H11N3O5/c1-8-5-6-9(15(17)18)7-12(8)21-11-4-2-3-10(14)13(11)16(19)20/h2-7H,14H2,1H3. The summed E-state index contributed by atoms with van der Waals surface area (Å²) in [5.74, 6) is 0.0986. The summed E-state index contributed by atoms with van der Waals surface area (Å²) in [5, 5.41) is 21.8. The lowest BCUT2D eigenvalue weighted by Crippen LogP contribution is -1.99. The Morgan fingerprint density at radius 3 is 2.38 bits per heavy atom. The third kappa shape index (κ3) is 2.89. The fourth-order valence-corrected chi connectivity index (χ4v) is 1.75. The average molecular weight is 289 g/mol. The maximum absolute atomic E-state index is 11.0. The Morgan fingerprint density at radius 1 is 1.05 bits per heavy atom. The van der Waals surface area contributed by atoms with Crippen LogP contribution in [-0.4, -0.2) is 9.85 Å². The van der Waals surface area contributed by atoms with Crippen LogP contribution in [0.25, 0.3) is 0 Å². The molecule has 2 rings (SSSR count). The molecular formula is C13H11N3O5. The summed E-state index contributed by atoms with van der Waals surface area (Å²) >= 11 is 0. The summed E-state index contributed by atoms with van der Waals surface area (Å²) < 4.78 is 5.45. The third-order valence-electron chi connectivity index (χ3n) is 2.82. The smallest absolute Gasteiger partial charge is 0.334 e. The molecule has 0 amide bonds. The van der Waals surface area contributed by atoms with Gasteiger partial charge in [0.2, 0.25) is 5.75 Å². The van der Waals surface area contributed by atoms with Crippen LogP contribution in [-0.2, 0) is 0 Å². The minimum Gasteiger partial charge on any atom is -0.449 e. The Bertz CT molecular complexity index is 730. The van der Waals surface area contributed by atoms with Crippen molar-refractivity contribution in [2.45, 2.75) is 6.92 Å². The Kier molecular flexibility index (Phi) is 3.70. The van der Waals surface area contributed by atoms with Crippen LogP contribution < -0.4 is 10.5 Å². The second kappa shape index (κ2) is 5.45. The van der Waals surface area contributed by atoms with Crippen molar-refractivity contribution < 1.29 is 14.6 Å². The SMILES string of the molecule is Cc1ccc([N+](=O)[O-])cc1Oc1cccc(N)c1[N+](=O)[O-]. The van der Waals surface area contributed by atoms with E-state index in [1.54, 1.807) is 6.92 Å². The van der Waals surface area contributed by atoms with Crippen LogP contribution in [0, 0.1) is 27.2 Å². The predicted octanol–water partition coefficient (Wildman–Crippen LogP) is 3.19. The van der Waals surface area contributed by atoms with Gasteiger partial charge in [-0.2, -0.15) is 0 Å². The highest BCUT2D eigenvalue weighted by Crippen LogP contribution is 2.37. The highest BCUT2D eigenvalue weighted by atomic mass is 16.6.